The van der Waals surface area contributed by atoms with Gasteiger partial charge in [-0.05, 0) is 58.4 Å². The lowest BCUT2D eigenvalue weighted by Crippen LogP contribution is -2.41. The van der Waals surface area contributed by atoms with E-state index >= 15 is 0 Å². The van der Waals surface area contributed by atoms with Crippen molar-refractivity contribution in [2.75, 3.05) is 7.11 Å². The number of nitrogens with zero attached hydrogens (tertiary/aromatic N) is 2. The predicted molar refractivity (Wildman–Crippen MR) is 184 cm³/mol. The third-order valence-corrected chi connectivity index (χ3v) is 6.18. The summed E-state index contributed by atoms with van der Waals surface area (Å²) in [4.78, 5) is 30.0. The van der Waals surface area contributed by atoms with Crippen molar-refractivity contribution in [1.29, 1.82) is 0 Å². The summed E-state index contributed by atoms with van der Waals surface area (Å²) in [6.45, 7) is 16.0. The molecule has 1 saturated carbocycles. The summed E-state index contributed by atoms with van der Waals surface area (Å²) in [5.41, 5.74) is 2.23. The summed E-state index contributed by atoms with van der Waals surface area (Å²) in [6.07, 6.45) is 26.5. The van der Waals surface area contributed by atoms with Gasteiger partial charge in [-0.15, -0.1) is 19.4 Å². The molecule has 6 nitrogen and oxygen atoms in total. The number of terminal acetylenes is 1. The predicted octanol–water partition coefficient (Wildman–Crippen LogP) is 8.84. The van der Waals surface area contributed by atoms with Crippen molar-refractivity contribution in [3.05, 3.63) is 72.7 Å². The Morgan fingerprint density at radius 1 is 1.25 bits per heavy atom. The van der Waals surface area contributed by atoms with Crippen LogP contribution in [0.5, 0.6) is 0 Å². The summed E-state index contributed by atoms with van der Waals surface area (Å²) in [5, 5.41) is 0. The first-order chi connectivity index (χ1) is 20.9. The van der Waals surface area contributed by atoms with E-state index in [1.807, 2.05) is 34.4 Å². The molecule has 0 saturated heterocycles. The summed E-state index contributed by atoms with van der Waals surface area (Å²) in [6, 6.07) is 0. The molecule has 0 spiro atoms. The van der Waals surface area contributed by atoms with E-state index < -0.39 is 18.1 Å². The fraction of sp³-hybridized carbons (Fsp3) is 0.486. The van der Waals surface area contributed by atoms with Gasteiger partial charge >= 0.3 is 5.97 Å². The first kappa shape index (κ1) is 42.7. The van der Waals surface area contributed by atoms with Gasteiger partial charge in [0.25, 0.3) is 0 Å². The number of carbonyl (C=O) groups excluding carboxylic acids is 2. The van der Waals surface area contributed by atoms with E-state index in [0.717, 1.165) is 30.6 Å². The van der Waals surface area contributed by atoms with Crippen molar-refractivity contribution in [1.82, 2.24) is 0 Å². The SMILES string of the molecule is C#C.C/C(F)=C\CC(C)C=O.C=C/C=C\C=C(C)C.C=CC.COC1=NC(C(F)P)=NC2OC(=O)C=C(CCCC3CC3)C12. The summed E-state index contributed by atoms with van der Waals surface area (Å²) < 4.78 is 35.9. The highest BCUT2D eigenvalue weighted by Crippen LogP contribution is 2.37. The van der Waals surface area contributed by atoms with Crippen molar-refractivity contribution >= 4 is 33.2 Å². The summed E-state index contributed by atoms with van der Waals surface area (Å²) >= 11 is 0. The van der Waals surface area contributed by atoms with Crippen LogP contribution >= 0.6 is 9.24 Å². The molecule has 5 atom stereocenters. The number of ether oxygens (including phenoxy) is 2. The fourth-order valence-corrected chi connectivity index (χ4v) is 3.79. The van der Waals surface area contributed by atoms with Crippen LogP contribution in [0.3, 0.4) is 0 Å². The first-order valence-corrected chi connectivity index (χ1v) is 15.2. The lowest BCUT2D eigenvalue weighted by molar-refractivity contribution is -0.145. The molecule has 1 aliphatic carbocycles. The van der Waals surface area contributed by atoms with Gasteiger partial charge in [-0.1, -0.05) is 84.0 Å². The molecule has 9 heteroatoms. The van der Waals surface area contributed by atoms with Crippen LogP contribution in [0.1, 0.15) is 73.1 Å². The Balaban J connectivity index is 0. The molecule has 5 unspecified atom stereocenters. The third kappa shape index (κ3) is 20.5. The number of alkyl halides is 1. The average Bonchev–Trinajstić information content (AvgIpc) is 3.81. The van der Waals surface area contributed by atoms with Gasteiger partial charge in [-0.3, -0.25) is 0 Å². The Morgan fingerprint density at radius 2 is 1.86 bits per heavy atom. The van der Waals surface area contributed by atoms with Crippen molar-refractivity contribution < 1.29 is 27.8 Å². The molecule has 44 heavy (non-hydrogen) atoms. The van der Waals surface area contributed by atoms with Crippen LogP contribution in [0.4, 0.5) is 8.78 Å². The number of fused-ring (bicyclic) bond motifs is 1. The van der Waals surface area contributed by atoms with E-state index in [1.165, 1.54) is 51.0 Å². The number of amidine groups is 1. The number of aldehydes is 1. The monoisotopic (exact) mass is 632 g/mol. The van der Waals surface area contributed by atoms with Crippen molar-refractivity contribution in [3.63, 3.8) is 0 Å². The van der Waals surface area contributed by atoms with E-state index in [2.05, 4.69) is 49.8 Å². The maximum absolute atomic E-state index is 13.5. The molecule has 1 fully saturated rings. The molecule has 2 aliphatic heterocycles. The molecule has 0 aromatic heterocycles. The van der Waals surface area contributed by atoms with Crippen LogP contribution < -0.4 is 0 Å². The molecule has 0 radical (unpaired) electrons. The Morgan fingerprint density at radius 3 is 2.32 bits per heavy atom. The zero-order valence-electron chi connectivity index (χ0n) is 27.2. The average molecular weight is 633 g/mol. The maximum atomic E-state index is 13.5. The Hall–Kier alpha value is -3.43. The quantitative estimate of drug-likeness (QED) is 0.0602. The molecular weight excluding hydrogens is 581 g/mol. The van der Waals surface area contributed by atoms with Gasteiger partial charge in [0.05, 0.1) is 12.9 Å². The van der Waals surface area contributed by atoms with Gasteiger partial charge in [-0.25, -0.2) is 18.6 Å². The number of methoxy groups -OCH3 is 1. The minimum Gasteiger partial charge on any atom is -0.483 e. The number of allylic oxidation sites excluding steroid dienone is 8. The first-order valence-electron chi connectivity index (χ1n) is 14.5. The Labute approximate surface area is 266 Å². The van der Waals surface area contributed by atoms with Gasteiger partial charge in [0.2, 0.25) is 12.1 Å². The maximum Gasteiger partial charge on any atom is 0.332 e. The van der Waals surface area contributed by atoms with Crippen LogP contribution in [-0.2, 0) is 19.1 Å². The van der Waals surface area contributed by atoms with Crippen molar-refractivity contribution in [2.45, 2.75) is 85.3 Å². The van der Waals surface area contributed by atoms with Crippen molar-refractivity contribution in [3.8, 4) is 12.8 Å². The van der Waals surface area contributed by atoms with Crippen LogP contribution in [0.2, 0.25) is 0 Å². The van der Waals surface area contributed by atoms with Gasteiger partial charge in [-0.2, -0.15) is 4.99 Å². The number of hydrogen-bond donors (Lipinski definition) is 0. The topological polar surface area (TPSA) is 77.3 Å². The number of esters is 1. The van der Waals surface area contributed by atoms with Crippen LogP contribution in [0.15, 0.2) is 82.6 Å². The Kier molecular flexibility index (Phi) is 25.2. The number of rotatable bonds is 10. The van der Waals surface area contributed by atoms with Gasteiger partial charge < -0.3 is 14.3 Å². The second-order valence-electron chi connectivity index (χ2n) is 10.3. The molecule has 0 aromatic rings. The second kappa shape index (κ2) is 26.0. The summed E-state index contributed by atoms with van der Waals surface area (Å²) in [7, 11) is 3.49. The van der Waals surface area contributed by atoms with Gasteiger partial charge in [0, 0.05) is 12.0 Å². The third-order valence-electron chi connectivity index (χ3n) is 5.89. The number of aliphatic imine (C=N–C) groups is 2. The van der Waals surface area contributed by atoms with E-state index in [-0.39, 0.29) is 23.5 Å². The molecule has 0 bridgehead atoms. The molecule has 244 valence electrons. The highest BCUT2D eigenvalue weighted by molar-refractivity contribution is 7.19. The smallest absolute Gasteiger partial charge is 0.332 e. The minimum absolute atomic E-state index is 0.0184. The molecule has 0 amide bonds. The highest BCUT2D eigenvalue weighted by atomic mass is 31.0. The standard InChI is InChI=1S/C15H20FN2O3P.C8H12.C7H11FO.C3H6.C2H2/c1-20-14-11-9(4-2-3-8-5-6-8)7-10(19)21-15(11)18-13(17-14)12(16)22;1-4-5-6-7-8(2)3;1-6(5-9)3-4-7(2)8;1-3-2;1-2/h7-8,11-12,15H,2-6,22H2,1H3;4-7H,1H2,2-3H3;4-6H,3H2,1-2H3;3H,1H2,2H3;1-2H/b;6-5-;7-4+;;. The normalized spacial score (nSPS) is 19.6. The molecule has 2 heterocycles. The molecule has 3 aliphatic rings. The van der Waals surface area contributed by atoms with E-state index in [4.69, 9.17) is 9.47 Å². The zero-order chi connectivity index (χ0) is 34.1. The van der Waals surface area contributed by atoms with E-state index in [1.54, 1.807) is 19.1 Å². The lowest BCUT2D eigenvalue weighted by Gasteiger charge is -2.32. The fourth-order valence-electron chi connectivity index (χ4n) is 3.63. The molecular formula is C35H51F2N2O4P. The minimum atomic E-state index is -1.41. The summed E-state index contributed by atoms with van der Waals surface area (Å²) in [5.74, 6) is -1.24. The number of hydrogen-bond acceptors (Lipinski definition) is 6. The van der Waals surface area contributed by atoms with Gasteiger partial charge in [0.1, 0.15) is 12.2 Å². The lowest BCUT2D eigenvalue weighted by atomic mass is 9.89. The van der Waals surface area contributed by atoms with Gasteiger partial charge in [0.15, 0.2) is 11.7 Å². The molecule has 3 rings (SSSR count). The van der Waals surface area contributed by atoms with Crippen LogP contribution in [-0.4, -0.2) is 43.2 Å². The zero-order valence-corrected chi connectivity index (χ0v) is 28.3. The van der Waals surface area contributed by atoms with E-state index in [9.17, 15) is 18.4 Å². The number of halogens is 2. The molecule has 0 aromatic carbocycles. The van der Waals surface area contributed by atoms with Crippen molar-refractivity contribution in [2.24, 2.45) is 27.7 Å². The Bertz CT molecular complexity index is 1090. The van der Waals surface area contributed by atoms with Crippen LogP contribution in [0.25, 0.3) is 0 Å². The second-order valence-corrected chi connectivity index (χ2v) is 10.9. The van der Waals surface area contributed by atoms with Crippen LogP contribution in [0, 0.1) is 30.6 Å². The van der Waals surface area contributed by atoms with E-state index in [0.29, 0.717) is 12.3 Å². The number of carbonyl (C=O) groups is 2. The highest BCUT2D eigenvalue weighted by Gasteiger charge is 2.40. The largest absolute Gasteiger partial charge is 0.483 e. The molecule has 0 N–H and O–H groups in total.